The maximum atomic E-state index is 12.9. The van der Waals surface area contributed by atoms with Gasteiger partial charge in [-0.1, -0.05) is 0 Å². The molecule has 2 N–H and O–H groups in total. The van der Waals surface area contributed by atoms with Crippen LogP contribution in [0.1, 0.15) is 48.8 Å². The predicted octanol–water partition coefficient (Wildman–Crippen LogP) is 1.78. The monoisotopic (exact) mass is 510 g/mol. The molecule has 3 heterocycles. The molecule has 0 amide bonds. The van der Waals surface area contributed by atoms with Crippen molar-refractivity contribution in [2.24, 2.45) is 0 Å². The third-order valence-electron chi connectivity index (χ3n) is 5.68. The zero-order valence-electron chi connectivity index (χ0n) is 21.3. The number of fused-ring (bicyclic) bond motifs is 1. The first kappa shape index (κ1) is 27.7. The smallest absolute Gasteiger partial charge is 0.348 e. The zero-order valence-corrected chi connectivity index (χ0v) is 22.2. The molecule has 1 unspecified atom stereocenters. The van der Waals surface area contributed by atoms with Crippen molar-refractivity contribution in [3.63, 3.8) is 0 Å². The first-order valence-electron chi connectivity index (χ1n) is 12.2. The lowest BCUT2D eigenvalue weighted by Gasteiger charge is -2.30. The number of nitrogens with zero attached hydrogens (tertiary/aromatic N) is 3. The Morgan fingerprint density at radius 3 is 2.63 bits per heavy atom. The van der Waals surface area contributed by atoms with E-state index in [4.69, 9.17) is 14.2 Å². The summed E-state index contributed by atoms with van der Waals surface area (Å²) in [7, 11) is 0. The predicted molar refractivity (Wildman–Crippen MR) is 135 cm³/mol. The van der Waals surface area contributed by atoms with Gasteiger partial charge in [0.1, 0.15) is 15.5 Å². The maximum absolute atomic E-state index is 12.9. The number of aryl methyl sites for hydroxylation is 1. The molecule has 1 fully saturated rings. The number of H-pyrrole nitrogens is 1. The van der Waals surface area contributed by atoms with E-state index in [-0.39, 0.29) is 24.4 Å². The van der Waals surface area contributed by atoms with Crippen molar-refractivity contribution >= 4 is 27.5 Å². The van der Waals surface area contributed by atoms with Gasteiger partial charge in [0, 0.05) is 32.7 Å². The topological polar surface area (TPSA) is 117 Å². The first-order valence-corrected chi connectivity index (χ1v) is 13.0. The van der Waals surface area contributed by atoms with E-state index in [1.807, 2.05) is 13.8 Å². The number of aliphatic hydroxyl groups is 1. The lowest BCUT2D eigenvalue weighted by atomic mass is 10.2. The lowest BCUT2D eigenvalue weighted by Crippen LogP contribution is -2.43. The third kappa shape index (κ3) is 8.06. The number of morpholine rings is 1. The second kappa shape index (κ2) is 12.9. The SMILES string of the molecule is Cc1c(C(=O)OC(C)C)sc2nc(CN(CCN3CCOCC3)CC(O)COC(C)C)[nH]c(=O)c12. The van der Waals surface area contributed by atoms with E-state index in [9.17, 15) is 14.7 Å². The fourth-order valence-corrected chi connectivity index (χ4v) is 5.02. The van der Waals surface area contributed by atoms with Crippen molar-refractivity contribution in [1.29, 1.82) is 0 Å². The van der Waals surface area contributed by atoms with E-state index in [0.717, 1.165) is 32.8 Å². The van der Waals surface area contributed by atoms with Gasteiger partial charge in [-0.15, -0.1) is 11.3 Å². The number of thiophene rings is 1. The van der Waals surface area contributed by atoms with Crippen LogP contribution in [0.25, 0.3) is 10.2 Å². The van der Waals surface area contributed by atoms with Crippen molar-refractivity contribution in [3.8, 4) is 0 Å². The van der Waals surface area contributed by atoms with Gasteiger partial charge in [-0.25, -0.2) is 9.78 Å². The van der Waals surface area contributed by atoms with Crippen molar-refractivity contribution in [2.75, 3.05) is 52.5 Å². The number of aliphatic hydroxyl groups excluding tert-OH is 1. The van der Waals surface area contributed by atoms with Crippen LogP contribution in [0, 0.1) is 6.92 Å². The second-order valence-corrected chi connectivity index (χ2v) is 10.4. The molecule has 10 nitrogen and oxygen atoms in total. The molecule has 1 atom stereocenters. The third-order valence-corrected chi connectivity index (χ3v) is 6.84. The van der Waals surface area contributed by atoms with Crippen LogP contribution in [-0.4, -0.2) is 102 Å². The number of aromatic nitrogens is 2. The van der Waals surface area contributed by atoms with Crippen LogP contribution < -0.4 is 5.56 Å². The van der Waals surface area contributed by atoms with Crippen LogP contribution in [0.5, 0.6) is 0 Å². The Kier molecular flexibility index (Phi) is 10.2. The molecule has 0 aromatic carbocycles. The molecule has 35 heavy (non-hydrogen) atoms. The van der Waals surface area contributed by atoms with Gasteiger partial charge < -0.3 is 24.3 Å². The molecule has 3 rings (SSSR count). The normalized spacial score (nSPS) is 16.0. The summed E-state index contributed by atoms with van der Waals surface area (Å²) in [6.45, 7) is 14.8. The molecule has 0 spiro atoms. The Hall–Kier alpha value is -1.89. The average molecular weight is 511 g/mol. The summed E-state index contributed by atoms with van der Waals surface area (Å²) in [6.07, 6.45) is -0.885. The molecule has 0 aliphatic carbocycles. The second-order valence-electron chi connectivity index (χ2n) is 9.43. The Bertz CT molecular complexity index is 1030. The van der Waals surface area contributed by atoms with Gasteiger partial charge in [0.2, 0.25) is 0 Å². The number of carbonyl (C=O) groups excluding carboxylic acids is 1. The Balaban J connectivity index is 1.78. The number of carbonyl (C=O) groups is 1. The molecule has 11 heteroatoms. The van der Waals surface area contributed by atoms with Crippen molar-refractivity contribution in [3.05, 3.63) is 26.6 Å². The molecule has 0 radical (unpaired) electrons. The number of esters is 1. The van der Waals surface area contributed by atoms with Crippen LogP contribution in [0.4, 0.5) is 0 Å². The van der Waals surface area contributed by atoms with Crippen molar-refractivity contribution < 1.29 is 24.1 Å². The first-order chi connectivity index (χ1) is 16.6. The average Bonchev–Trinajstić information content (AvgIpc) is 3.13. The molecule has 0 bridgehead atoms. The van der Waals surface area contributed by atoms with E-state index in [1.54, 1.807) is 20.8 Å². The van der Waals surface area contributed by atoms with Crippen LogP contribution in [0.15, 0.2) is 4.79 Å². The Morgan fingerprint density at radius 2 is 1.97 bits per heavy atom. The zero-order chi connectivity index (χ0) is 25.5. The molecular formula is C24H38N4O6S. The van der Waals surface area contributed by atoms with Gasteiger partial charge in [0.15, 0.2) is 0 Å². The highest BCUT2D eigenvalue weighted by atomic mass is 32.1. The molecule has 0 saturated carbocycles. The molecule has 1 aliphatic rings. The molecule has 2 aromatic rings. The highest BCUT2D eigenvalue weighted by molar-refractivity contribution is 7.20. The molecule has 1 saturated heterocycles. The minimum absolute atomic E-state index is 0.0329. The van der Waals surface area contributed by atoms with Gasteiger partial charge in [0.25, 0.3) is 5.56 Å². The fraction of sp³-hybridized carbons (Fsp3) is 0.708. The number of hydrogen-bond acceptors (Lipinski definition) is 10. The summed E-state index contributed by atoms with van der Waals surface area (Å²) in [5, 5.41) is 11.0. The summed E-state index contributed by atoms with van der Waals surface area (Å²) in [6, 6.07) is 0. The van der Waals surface area contributed by atoms with E-state index in [2.05, 4.69) is 19.8 Å². The van der Waals surface area contributed by atoms with Crippen LogP contribution in [-0.2, 0) is 20.8 Å². The largest absolute Gasteiger partial charge is 0.459 e. The van der Waals surface area contributed by atoms with Crippen LogP contribution >= 0.6 is 11.3 Å². The number of nitrogens with one attached hydrogen (secondary N) is 1. The van der Waals surface area contributed by atoms with Crippen LogP contribution in [0.3, 0.4) is 0 Å². The highest BCUT2D eigenvalue weighted by Crippen LogP contribution is 2.28. The molecular weight excluding hydrogens is 472 g/mol. The lowest BCUT2D eigenvalue weighted by molar-refractivity contribution is -0.0132. The van der Waals surface area contributed by atoms with Gasteiger partial charge in [-0.3, -0.25) is 14.6 Å². The summed E-state index contributed by atoms with van der Waals surface area (Å²) in [5.74, 6) is 0.0494. The minimum atomic E-state index is -0.668. The number of hydrogen-bond donors (Lipinski definition) is 2. The summed E-state index contributed by atoms with van der Waals surface area (Å²) in [4.78, 5) is 38.2. The summed E-state index contributed by atoms with van der Waals surface area (Å²) < 4.78 is 16.3. The van der Waals surface area contributed by atoms with Gasteiger partial charge in [0.05, 0.1) is 50.1 Å². The summed E-state index contributed by atoms with van der Waals surface area (Å²) in [5.41, 5.74) is 0.306. The maximum Gasteiger partial charge on any atom is 0.348 e. The van der Waals surface area contributed by atoms with E-state index in [0.29, 0.717) is 46.1 Å². The fourth-order valence-electron chi connectivity index (χ4n) is 3.93. The quantitative estimate of drug-likeness (QED) is 0.412. The van der Waals surface area contributed by atoms with Gasteiger partial charge >= 0.3 is 5.97 Å². The van der Waals surface area contributed by atoms with Crippen LogP contribution in [0.2, 0.25) is 0 Å². The minimum Gasteiger partial charge on any atom is -0.459 e. The van der Waals surface area contributed by atoms with Gasteiger partial charge in [-0.2, -0.15) is 0 Å². The number of aromatic amines is 1. The standard InChI is InChI=1S/C24H38N4O6S/c1-15(2)33-14-18(29)12-28(7-6-27-8-10-32-11-9-27)13-19-25-22(30)20-17(5)21(35-23(20)26-19)24(31)34-16(3)4/h15-16,18,29H,6-14H2,1-5H3,(H,25,26,30). The molecule has 2 aromatic heterocycles. The number of rotatable bonds is 12. The highest BCUT2D eigenvalue weighted by Gasteiger charge is 2.22. The van der Waals surface area contributed by atoms with Crippen molar-refractivity contribution in [2.45, 2.75) is 59.5 Å². The summed E-state index contributed by atoms with van der Waals surface area (Å²) >= 11 is 1.18. The van der Waals surface area contributed by atoms with Gasteiger partial charge in [-0.05, 0) is 40.2 Å². The Labute approximate surface area is 210 Å². The van der Waals surface area contributed by atoms with E-state index >= 15 is 0 Å². The Morgan fingerprint density at radius 1 is 1.26 bits per heavy atom. The van der Waals surface area contributed by atoms with E-state index < -0.39 is 12.1 Å². The number of ether oxygens (including phenoxy) is 3. The molecule has 1 aliphatic heterocycles. The van der Waals surface area contributed by atoms with Crippen molar-refractivity contribution in [1.82, 2.24) is 19.8 Å². The van der Waals surface area contributed by atoms with E-state index in [1.165, 1.54) is 11.3 Å². The molecule has 196 valence electrons.